The van der Waals surface area contributed by atoms with Gasteiger partial charge in [-0.15, -0.1) is 0 Å². The van der Waals surface area contributed by atoms with E-state index < -0.39 is 0 Å². The third kappa shape index (κ3) is 2.31. The SMILES string of the molecule is NCC1CCCCN1C(=O)c1cc(Cl)c2c(c1)OCO2. The lowest BCUT2D eigenvalue weighted by Crippen LogP contribution is -2.47. The van der Waals surface area contributed by atoms with E-state index in [1.807, 2.05) is 4.90 Å². The summed E-state index contributed by atoms with van der Waals surface area (Å²) in [6.07, 6.45) is 3.09. The fourth-order valence-electron chi connectivity index (χ4n) is 2.77. The zero-order valence-corrected chi connectivity index (χ0v) is 11.9. The normalized spacial score (nSPS) is 21.1. The molecule has 0 bridgehead atoms. The average molecular weight is 297 g/mol. The van der Waals surface area contributed by atoms with Crippen molar-refractivity contribution in [2.75, 3.05) is 19.9 Å². The van der Waals surface area contributed by atoms with E-state index in [2.05, 4.69) is 0 Å². The van der Waals surface area contributed by atoms with Gasteiger partial charge in [0.2, 0.25) is 6.79 Å². The molecule has 0 saturated carbocycles. The van der Waals surface area contributed by atoms with E-state index in [-0.39, 0.29) is 18.7 Å². The molecular formula is C14H17ClN2O3. The molecule has 1 unspecified atom stereocenters. The standard InChI is InChI=1S/C14H17ClN2O3/c15-11-5-9(6-12-13(11)20-8-19-12)14(18)17-4-2-1-3-10(17)7-16/h5-6,10H,1-4,7-8,16H2. The molecule has 2 aliphatic rings. The Morgan fingerprint density at radius 1 is 1.40 bits per heavy atom. The number of rotatable bonds is 2. The molecule has 0 spiro atoms. The summed E-state index contributed by atoms with van der Waals surface area (Å²) in [6.45, 7) is 1.37. The molecule has 1 atom stereocenters. The number of hydrogen-bond acceptors (Lipinski definition) is 4. The fourth-order valence-corrected chi connectivity index (χ4v) is 3.03. The second-order valence-electron chi connectivity index (χ2n) is 5.08. The van der Waals surface area contributed by atoms with Gasteiger partial charge in [-0.2, -0.15) is 0 Å². The second kappa shape index (κ2) is 5.50. The summed E-state index contributed by atoms with van der Waals surface area (Å²) in [4.78, 5) is 14.5. The van der Waals surface area contributed by atoms with E-state index in [1.165, 1.54) is 0 Å². The topological polar surface area (TPSA) is 64.8 Å². The molecule has 2 aliphatic heterocycles. The molecule has 20 heavy (non-hydrogen) atoms. The van der Waals surface area contributed by atoms with Crippen LogP contribution in [0.4, 0.5) is 0 Å². The van der Waals surface area contributed by atoms with Gasteiger partial charge in [-0.3, -0.25) is 4.79 Å². The van der Waals surface area contributed by atoms with Crippen molar-refractivity contribution in [3.8, 4) is 11.5 Å². The summed E-state index contributed by atoms with van der Waals surface area (Å²) < 4.78 is 10.6. The summed E-state index contributed by atoms with van der Waals surface area (Å²) in [6, 6.07) is 3.44. The number of carbonyl (C=O) groups excluding carboxylic acids is 1. The van der Waals surface area contributed by atoms with Crippen molar-refractivity contribution >= 4 is 17.5 Å². The highest BCUT2D eigenvalue weighted by Gasteiger charge is 2.28. The van der Waals surface area contributed by atoms with Gasteiger partial charge in [0.05, 0.1) is 5.02 Å². The Labute approximate surface area is 122 Å². The Kier molecular flexibility index (Phi) is 3.72. The maximum Gasteiger partial charge on any atom is 0.254 e. The highest BCUT2D eigenvalue weighted by molar-refractivity contribution is 6.32. The maximum atomic E-state index is 12.6. The number of amides is 1. The molecule has 0 aromatic heterocycles. The van der Waals surface area contributed by atoms with Crippen molar-refractivity contribution in [1.82, 2.24) is 4.90 Å². The van der Waals surface area contributed by atoms with Crippen molar-refractivity contribution in [3.05, 3.63) is 22.7 Å². The van der Waals surface area contributed by atoms with Crippen molar-refractivity contribution in [2.24, 2.45) is 5.73 Å². The number of nitrogens with two attached hydrogens (primary N) is 1. The number of ether oxygens (including phenoxy) is 2. The van der Waals surface area contributed by atoms with Crippen LogP contribution >= 0.6 is 11.6 Å². The summed E-state index contributed by atoms with van der Waals surface area (Å²) in [5.41, 5.74) is 6.29. The summed E-state index contributed by atoms with van der Waals surface area (Å²) in [5, 5.41) is 0.407. The number of benzene rings is 1. The van der Waals surface area contributed by atoms with Gasteiger partial charge in [0.1, 0.15) is 0 Å². The third-order valence-corrected chi connectivity index (χ3v) is 4.11. The van der Waals surface area contributed by atoms with Crippen LogP contribution in [0.1, 0.15) is 29.6 Å². The number of carbonyl (C=O) groups is 1. The first-order chi connectivity index (χ1) is 9.70. The Morgan fingerprint density at radius 2 is 2.25 bits per heavy atom. The van der Waals surface area contributed by atoms with Gasteiger partial charge in [0.25, 0.3) is 5.91 Å². The highest BCUT2D eigenvalue weighted by Crippen LogP contribution is 2.40. The van der Waals surface area contributed by atoms with Crippen LogP contribution < -0.4 is 15.2 Å². The first-order valence-electron chi connectivity index (χ1n) is 6.81. The molecule has 0 radical (unpaired) electrons. The molecule has 6 heteroatoms. The van der Waals surface area contributed by atoms with E-state index >= 15 is 0 Å². The monoisotopic (exact) mass is 296 g/mol. The van der Waals surface area contributed by atoms with Crippen molar-refractivity contribution in [3.63, 3.8) is 0 Å². The lowest BCUT2D eigenvalue weighted by atomic mass is 10.0. The molecule has 3 rings (SSSR count). The van der Waals surface area contributed by atoms with Crippen LogP contribution in [0.5, 0.6) is 11.5 Å². The molecule has 5 nitrogen and oxygen atoms in total. The Balaban J connectivity index is 1.88. The largest absolute Gasteiger partial charge is 0.454 e. The van der Waals surface area contributed by atoms with Gasteiger partial charge in [0.15, 0.2) is 11.5 Å². The van der Waals surface area contributed by atoms with E-state index in [1.54, 1.807) is 12.1 Å². The number of nitrogens with zero attached hydrogens (tertiary/aromatic N) is 1. The maximum absolute atomic E-state index is 12.6. The van der Waals surface area contributed by atoms with Crippen molar-refractivity contribution < 1.29 is 14.3 Å². The van der Waals surface area contributed by atoms with Gasteiger partial charge in [0, 0.05) is 24.7 Å². The lowest BCUT2D eigenvalue weighted by Gasteiger charge is -2.35. The summed E-state index contributed by atoms with van der Waals surface area (Å²) in [7, 11) is 0. The molecule has 2 heterocycles. The van der Waals surface area contributed by atoms with E-state index in [9.17, 15) is 4.79 Å². The van der Waals surface area contributed by atoms with E-state index in [0.29, 0.717) is 28.6 Å². The molecule has 0 aliphatic carbocycles. The minimum atomic E-state index is -0.0413. The molecule has 108 valence electrons. The van der Waals surface area contributed by atoms with Gasteiger partial charge in [-0.25, -0.2) is 0 Å². The number of hydrogen-bond donors (Lipinski definition) is 1. The van der Waals surface area contributed by atoms with Gasteiger partial charge >= 0.3 is 0 Å². The zero-order chi connectivity index (χ0) is 14.1. The summed E-state index contributed by atoms with van der Waals surface area (Å²) in [5.74, 6) is 1.000. The average Bonchev–Trinajstić information content (AvgIpc) is 2.95. The summed E-state index contributed by atoms with van der Waals surface area (Å²) >= 11 is 6.13. The first-order valence-corrected chi connectivity index (χ1v) is 7.18. The number of halogens is 1. The van der Waals surface area contributed by atoms with Crippen molar-refractivity contribution in [2.45, 2.75) is 25.3 Å². The zero-order valence-electron chi connectivity index (χ0n) is 11.1. The molecule has 2 N–H and O–H groups in total. The van der Waals surface area contributed by atoms with E-state index in [4.69, 9.17) is 26.8 Å². The van der Waals surface area contributed by atoms with Crippen LogP contribution in [-0.4, -0.2) is 36.7 Å². The van der Waals surface area contributed by atoms with Gasteiger partial charge < -0.3 is 20.1 Å². The predicted octanol–water partition coefficient (Wildman–Crippen LogP) is 2.02. The predicted molar refractivity (Wildman–Crippen MR) is 75.3 cm³/mol. The minimum absolute atomic E-state index is 0.0413. The fraction of sp³-hybridized carbons (Fsp3) is 0.500. The van der Waals surface area contributed by atoms with Crippen molar-refractivity contribution in [1.29, 1.82) is 0 Å². The van der Waals surface area contributed by atoms with Crippen LogP contribution in [-0.2, 0) is 0 Å². The lowest BCUT2D eigenvalue weighted by molar-refractivity contribution is 0.0623. The molecule has 1 saturated heterocycles. The van der Waals surface area contributed by atoms with Gasteiger partial charge in [-0.05, 0) is 31.4 Å². The molecule has 1 aromatic carbocycles. The number of piperidine rings is 1. The Bertz CT molecular complexity index is 535. The molecule has 1 aromatic rings. The molecule has 1 fully saturated rings. The Hall–Kier alpha value is -1.46. The highest BCUT2D eigenvalue weighted by atomic mass is 35.5. The molecule has 1 amide bonds. The van der Waals surface area contributed by atoms with Crippen LogP contribution in [0.25, 0.3) is 0 Å². The first kappa shape index (κ1) is 13.5. The van der Waals surface area contributed by atoms with Crippen LogP contribution in [0, 0.1) is 0 Å². The van der Waals surface area contributed by atoms with Crippen LogP contribution in [0.15, 0.2) is 12.1 Å². The smallest absolute Gasteiger partial charge is 0.254 e. The van der Waals surface area contributed by atoms with Crippen LogP contribution in [0.3, 0.4) is 0 Å². The number of fused-ring (bicyclic) bond motifs is 1. The van der Waals surface area contributed by atoms with Crippen LogP contribution in [0.2, 0.25) is 5.02 Å². The quantitative estimate of drug-likeness (QED) is 0.907. The molecular weight excluding hydrogens is 280 g/mol. The third-order valence-electron chi connectivity index (χ3n) is 3.83. The van der Waals surface area contributed by atoms with Gasteiger partial charge in [-0.1, -0.05) is 11.6 Å². The minimum Gasteiger partial charge on any atom is -0.454 e. The van der Waals surface area contributed by atoms with E-state index in [0.717, 1.165) is 25.8 Å². The second-order valence-corrected chi connectivity index (χ2v) is 5.48. The number of likely N-dealkylation sites (tertiary alicyclic amines) is 1. The Morgan fingerprint density at radius 3 is 3.05 bits per heavy atom.